The number of allylic oxidation sites excluding steroid dienone is 19. The standard InChI is InChI=1S/C70H121NO3/c1-3-5-7-9-11-13-15-17-19-21-23-25-27-28-29-30-31-32-33-34-35-36-37-38-39-40-41-42-44-46-48-50-52-54-56-58-60-62-64-66-70(74)71-68(67-72)69(73)65-63-61-59-57-55-53-51-49-47-45-43-26-24-22-20-18-16-14-12-10-8-6-4-2/h5,7,11,13,17,19,23,25,28-29,31-32,34-35,37-38,40-41,63,65,68-69,72-73H,3-4,6,8-10,12,14-16,18,20-22,24,26-27,30,33,36,39,42-62,64,66-67H2,1-2H3,(H,71,74)/b7-5-,13-11-,19-17-,25-23-,29-28-,32-31-,35-34-,38-37-,41-40-,65-63+. The Kier molecular flexibility index (Phi) is 61.3. The summed E-state index contributed by atoms with van der Waals surface area (Å²) >= 11 is 0. The van der Waals surface area contributed by atoms with Gasteiger partial charge in [-0.3, -0.25) is 4.79 Å². The molecule has 4 heteroatoms. The molecule has 0 aromatic heterocycles. The SMILES string of the molecule is CC/C=C\C/C=C\C/C=C\C/C=C\C/C=C\C/C=C\C/C=C\C/C=C\C/C=C\CCCCCCCCCCCCCC(=O)NC(CO)C(O)/C=C/CCCCCCCCCCCCCCCCCCCCCCC. The van der Waals surface area contributed by atoms with Gasteiger partial charge in [0.2, 0.25) is 5.91 Å². The van der Waals surface area contributed by atoms with Crippen molar-refractivity contribution in [3.63, 3.8) is 0 Å². The Labute approximate surface area is 460 Å². The minimum absolute atomic E-state index is 0.0690. The van der Waals surface area contributed by atoms with Gasteiger partial charge in [-0.05, 0) is 89.9 Å². The molecule has 424 valence electrons. The van der Waals surface area contributed by atoms with Crippen LogP contribution in [0.15, 0.2) is 122 Å². The van der Waals surface area contributed by atoms with Gasteiger partial charge in [0.25, 0.3) is 0 Å². The third-order valence-corrected chi connectivity index (χ3v) is 14.0. The van der Waals surface area contributed by atoms with Gasteiger partial charge in [-0.25, -0.2) is 0 Å². The summed E-state index contributed by atoms with van der Waals surface area (Å²) in [5.41, 5.74) is 0. The molecule has 0 rings (SSSR count). The third-order valence-electron chi connectivity index (χ3n) is 14.0. The van der Waals surface area contributed by atoms with Crippen molar-refractivity contribution in [2.24, 2.45) is 0 Å². The van der Waals surface area contributed by atoms with Crippen molar-refractivity contribution in [3.8, 4) is 0 Å². The highest BCUT2D eigenvalue weighted by atomic mass is 16.3. The Balaban J connectivity index is 3.57. The van der Waals surface area contributed by atoms with Crippen LogP contribution in [0.3, 0.4) is 0 Å². The van der Waals surface area contributed by atoms with Crippen molar-refractivity contribution in [2.45, 2.75) is 309 Å². The van der Waals surface area contributed by atoms with Gasteiger partial charge in [0.05, 0.1) is 18.8 Å². The number of carbonyl (C=O) groups excluding carboxylic acids is 1. The second kappa shape index (κ2) is 64.1. The molecule has 74 heavy (non-hydrogen) atoms. The zero-order chi connectivity index (χ0) is 53.4. The second-order valence-electron chi connectivity index (χ2n) is 21.1. The summed E-state index contributed by atoms with van der Waals surface area (Å²) in [6, 6.07) is -0.632. The maximum Gasteiger partial charge on any atom is 0.220 e. The molecule has 4 nitrogen and oxygen atoms in total. The summed E-state index contributed by atoms with van der Waals surface area (Å²) in [5, 5.41) is 23.2. The van der Waals surface area contributed by atoms with Gasteiger partial charge < -0.3 is 15.5 Å². The smallest absolute Gasteiger partial charge is 0.220 e. The number of nitrogens with one attached hydrogen (secondary N) is 1. The molecule has 0 radical (unpaired) electrons. The first kappa shape index (κ1) is 70.8. The first-order valence-electron chi connectivity index (χ1n) is 31.7. The van der Waals surface area contributed by atoms with Crippen LogP contribution in [-0.2, 0) is 4.79 Å². The van der Waals surface area contributed by atoms with Crippen LogP contribution >= 0.6 is 0 Å². The summed E-state index contributed by atoms with van der Waals surface area (Å²) in [6.07, 6.45) is 98.1. The predicted octanol–water partition coefficient (Wildman–Crippen LogP) is 21.6. The predicted molar refractivity (Wildman–Crippen MR) is 331 cm³/mol. The van der Waals surface area contributed by atoms with Crippen LogP contribution in [0.5, 0.6) is 0 Å². The van der Waals surface area contributed by atoms with Crippen LogP contribution in [0.4, 0.5) is 0 Å². The molecule has 0 aromatic rings. The monoisotopic (exact) mass is 1020 g/mol. The molecule has 3 N–H and O–H groups in total. The van der Waals surface area contributed by atoms with Crippen molar-refractivity contribution in [1.29, 1.82) is 0 Å². The Bertz CT molecular complexity index is 1440. The Morgan fingerprint density at radius 1 is 0.338 bits per heavy atom. The minimum atomic E-state index is -0.849. The highest BCUT2D eigenvalue weighted by Gasteiger charge is 2.18. The summed E-state index contributed by atoms with van der Waals surface area (Å²) < 4.78 is 0. The Hall–Kier alpha value is -3.21. The summed E-state index contributed by atoms with van der Waals surface area (Å²) in [6.45, 7) is 4.21. The zero-order valence-electron chi connectivity index (χ0n) is 48.8. The van der Waals surface area contributed by atoms with E-state index in [4.69, 9.17) is 0 Å². The summed E-state index contributed by atoms with van der Waals surface area (Å²) in [4.78, 5) is 12.5. The largest absolute Gasteiger partial charge is 0.394 e. The number of hydrogen-bond donors (Lipinski definition) is 3. The van der Waals surface area contributed by atoms with Crippen molar-refractivity contribution >= 4 is 5.91 Å². The van der Waals surface area contributed by atoms with Gasteiger partial charge in [-0.1, -0.05) is 322 Å². The number of unbranched alkanes of at least 4 members (excludes halogenated alkanes) is 32. The average Bonchev–Trinajstić information content (AvgIpc) is 3.40. The molecule has 0 aliphatic rings. The lowest BCUT2D eigenvalue weighted by Gasteiger charge is -2.20. The quantitative estimate of drug-likeness (QED) is 0.0420. The number of carbonyl (C=O) groups is 1. The number of hydrogen-bond acceptors (Lipinski definition) is 3. The number of aliphatic hydroxyl groups excluding tert-OH is 2. The lowest BCUT2D eigenvalue weighted by Crippen LogP contribution is -2.45. The summed E-state index contributed by atoms with van der Waals surface area (Å²) in [7, 11) is 0. The Morgan fingerprint density at radius 3 is 0.892 bits per heavy atom. The van der Waals surface area contributed by atoms with E-state index in [-0.39, 0.29) is 12.5 Å². The molecule has 1 amide bonds. The molecule has 0 bridgehead atoms. The fourth-order valence-electron chi connectivity index (χ4n) is 9.17. The first-order chi connectivity index (χ1) is 36.7. The van der Waals surface area contributed by atoms with E-state index in [1.165, 1.54) is 193 Å². The van der Waals surface area contributed by atoms with Gasteiger partial charge >= 0.3 is 0 Å². The number of rotatable bonds is 57. The molecule has 0 spiro atoms. The van der Waals surface area contributed by atoms with Gasteiger partial charge in [0.1, 0.15) is 0 Å². The fraction of sp³-hybridized carbons (Fsp3) is 0.700. The maximum atomic E-state index is 12.5. The molecule has 0 heterocycles. The molecule has 2 unspecified atom stereocenters. The molecular formula is C70H121NO3. The molecule has 0 aliphatic carbocycles. The second-order valence-corrected chi connectivity index (χ2v) is 21.1. The molecule has 0 aromatic carbocycles. The minimum Gasteiger partial charge on any atom is -0.394 e. The number of amides is 1. The van der Waals surface area contributed by atoms with E-state index in [1.807, 2.05) is 6.08 Å². The lowest BCUT2D eigenvalue weighted by molar-refractivity contribution is -0.123. The van der Waals surface area contributed by atoms with E-state index in [9.17, 15) is 15.0 Å². The molecule has 2 atom stereocenters. The van der Waals surface area contributed by atoms with Gasteiger partial charge in [0.15, 0.2) is 0 Å². The molecular weight excluding hydrogens is 903 g/mol. The molecule has 0 fully saturated rings. The highest BCUT2D eigenvalue weighted by Crippen LogP contribution is 2.17. The topological polar surface area (TPSA) is 69.6 Å². The van der Waals surface area contributed by atoms with Crippen LogP contribution in [-0.4, -0.2) is 34.9 Å². The summed E-state index contributed by atoms with van der Waals surface area (Å²) in [5.74, 6) is -0.0690. The normalized spacial score (nSPS) is 13.6. The van der Waals surface area contributed by atoms with Crippen LogP contribution in [0, 0.1) is 0 Å². The van der Waals surface area contributed by atoms with Crippen molar-refractivity contribution in [2.75, 3.05) is 6.61 Å². The van der Waals surface area contributed by atoms with E-state index < -0.39 is 12.1 Å². The molecule has 0 saturated carbocycles. The van der Waals surface area contributed by atoms with E-state index in [1.54, 1.807) is 6.08 Å². The first-order valence-corrected chi connectivity index (χ1v) is 31.7. The fourth-order valence-corrected chi connectivity index (χ4v) is 9.17. The van der Waals surface area contributed by atoms with Crippen molar-refractivity contribution in [1.82, 2.24) is 5.32 Å². The van der Waals surface area contributed by atoms with Crippen LogP contribution in [0.1, 0.15) is 296 Å². The molecule has 0 aliphatic heterocycles. The number of aliphatic hydroxyl groups is 2. The van der Waals surface area contributed by atoms with Crippen molar-refractivity contribution < 1.29 is 15.0 Å². The van der Waals surface area contributed by atoms with Gasteiger partial charge in [0, 0.05) is 6.42 Å². The van der Waals surface area contributed by atoms with E-state index >= 15 is 0 Å². The van der Waals surface area contributed by atoms with Gasteiger partial charge in [-0.2, -0.15) is 0 Å². The van der Waals surface area contributed by atoms with E-state index in [0.29, 0.717) is 6.42 Å². The third kappa shape index (κ3) is 59.7. The van der Waals surface area contributed by atoms with Crippen LogP contribution in [0.25, 0.3) is 0 Å². The highest BCUT2D eigenvalue weighted by molar-refractivity contribution is 5.76. The van der Waals surface area contributed by atoms with Crippen molar-refractivity contribution in [3.05, 3.63) is 122 Å². The van der Waals surface area contributed by atoms with E-state index in [2.05, 4.69) is 129 Å². The zero-order valence-corrected chi connectivity index (χ0v) is 48.8. The average molecular weight is 1020 g/mol. The lowest BCUT2D eigenvalue weighted by atomic mass is 10.0. The van der Waals surface area contributed by atoms with Crippen LogP contribution in [0.2, 0.25) is 0 Å². The maximum absolute atomic E-state index is 12.5. The Morgan fingerprint density at radius 2 is 0.595 bits per heavy atom. The van der Waals surface area contributed by atoms with E-state index in [0.717, 1.165) is 83.5 Å². The van der Waals surface area contributed by atoms with Gasteiger partial charge in [-0.15, -0.1) is 0 Å². The van der Waals surface area contributed by atoms with Crippen LogP contribution < -0.4 is 5.32 Å². The molecule has 0 saturated heterocycles.